The summed E-state index contributed by atoms with van der Waals surface area (Å²) in [6, 6.07) is 13.1. The predicted molar refractivity (Wildman–Crippen MR) is 106 cm³/mol. The number of pyridine rings is 1. The smallest absolute Gasteiger partial charge is 0.274 e. The minimum atomic E-state index is -0.685. The third-order valence-electron chi connectivity index (χ3n) is 5.33. The van der Waals surface area contributed by atoms with Gasteiger partial charge in [-0.1, -0.05) is 30.3 Å². The molecule has 0 aliphatic carbocycles. The normalized spacial score (nSPS) is 19.1. The van der Waals surface area contributed by atoms with Crippen molar-refractivity contribution in [1.29, 1.82) is 0 Å². The number of aromatic nitrogens is 1. The van der Waals surface area contributed by atoms with E-state index in [0.29, 0.717) is 31.0 Å². The first-order chi connectivity index (χ1) is 13.7. The second-order valence-electron chi connectivity index (χ2n) is 7.27. The molecule has 146 valence electrons. The van der Waals surface area contributed by atoms with Gasteiger partial charge in [0.1, 0.15) is 0 Å². The van der Waals surface area contributed by atoms with Gasteiger partial charge >= 0.3 is 0 Å². The molecule has 1 atom stereocenters. The van der Waals surface area contributed by atoms with Crippen LogP contribution < -0.4 is 9.64 Å². The van der Waals surface area contributed by atoms with Crippen LogP contribution in [0.15, 0.2) is 48.7 Å². The Morgan fingerprint density at radius 3 is 2.64 bits per heavy atom. The molecule has 2 amide bonds. The average Bonchev–Trinajstić information content (AvgIpc) is 2.76. The van der Waals surface area contributed by atoms with Crippen molar-refractivity contribution in [2.75, 3.05) is 24.5 Å². The van der Waals surface area contributed by atoms with E-state index < -0.39 is 6.10 Å². The van der Waals surface area contributed by atoms with Gasteiger partial charge in [-0.2, -0.15) is 0 Å². The number of carbonyl (C=O) groups excluding carboxylic acids is 2. The quantitative estimate of drug-likeness (QED) is 0.799. The number of rotatable bonds is 5. The minimum absolute atomic E-state index is 0.136. The van der Waals surface area contributed by atoms with Gasteiger partial charge in [-0.15, -0.1) is 0 Å². The largest absolute Gasteiger partial charge is 0.472 e. The third kappa shape index (κ3) is 3.86. The number of anilines is 1. The second-order valence-corrected chi connectivity index (χ2v) is 7.27. The van der Waals surface area contributed by atoms with Crippen molar-refractivity contribution in [2.45, 2.75) is 38.2 Å². The molecule has 0 bridgehead atoms. The Morgan fingerprint density at radius 1 is 1.07 bits per heavy atom. The maximum Gasteiger partial charge on any atom is 0.274 e. The van der Waals surface area contributed by atoms with Gasteiger partial charge in [0.15, 0.2) is 11.6 Å². The molecule has 2 aliphatic rings. The molecule has 1 aromatic heterocycles. The molecule has 1 saturated heterocycles. The van der Waals surface area contributed by atoms with Crippen LogP contribution in [0.4, 0.5) is 5.82 Å². The summed E-state index contributed by atoms with van der Waals surface area (Å²) < 4.78 is 5.95. The number of ether oxygens (including phenoxy) is 1. The molecule has 0 spiro atoms. The topological polar surface area (TPSA) is 62.7 Å². The van der Waals surface area contributed by atoms with Crippen molar-refractivity contribution in [3.63, 3.8) is 0 Å². The molecule has 0 radical (unpaired) electrons. The van der Waals surface area contributed by atoms with Gasteiger partial charge in [0, 0.05) is 37.8 Å². The van der Waals surface area contributed by atoms with Crippen molar-refractivity contribution in [1.82, 2.24) is 9.88 Å². The fourth-order valence-electron chi connectivity index (χ4n) is 3.84. The van der Waals surface area contributed by atoms with Gasteiger partial charge in [-0.05, 0) is 37.8 Å². The first-order valence-corrected chi connectivity index (χ1v) is 10.00. The monoisotopic (exact) mass is 379 g/mol. The molecular formula is C22H25N3O3. The first kappa shape index (κ1) is 18.5. The summed E-state index contributed by atoms with van der Waals surface area (Å²) in [6.07, 6.45) is 5.41. The number of carbonyl (C=O) groups is 2. The molecule has 6 heteroatoms. The molecule has 6 nitrogen and oxygen atoms in total. The van der Waals surface area contributed by atoms with E-state index >= 15 is 0 Å². The zero-order valence-corrected chi connectivity index (χ0v) is 15.9. The van der Waals surface area contributed by atoms with Crippen LogP contribution in [0, 0.1) is 0 Å². The SMILES string of the molecule is O=C(CCCN1C(=O)[C@@H](c2ccccc2)Oc2cccnc21)N1CCCCC1. The van der Waals surface area contributed by atoms with Crippen molar-refractivity contribution in [3.8, 4) is 5.75 Å². The van der Waals surface area contributed by atoms with Crippen LogP contribution >= 0.6 is 0 Å². The Hall–Kier alpha value is -2.89. The number of hydrogen-bond acceptors (Lipinski definition) is 4. The van der Waals surface area contributed by atoms with Crippen molar-refractivity contribution in [2.24, 2.45) is 0 Å². The molecule has 1 fully saturated rings. The Balaban J connectivity index is 1.46. The van der Waals surface area contributed by atoms with Gasteiger partial charge < -0.3 is 9.64 Å². The summed E-state index contributed by atoms with van der Waals surface area (Å²) in [5.41, 5.74) is 0.816. The van der Waals surface area contributed by atoms with E-state index in [4.69, 9.17) is 4.74 Å². The third-order valence-corrected chi connectivity index (χ3v) is 5.33. The standard InChI is InChI=1S/C22H25N3O3/c26-19(24-14-5-2-6-15-24)12-8-16-25-21-18(11-7-13-23-21)28-20(22(25)27)17-9-3-1-4-10-17/h1,3-4,7,9-11,13,20H,2,5-6,8,12,14-16H2/t20-/m1/s1. The van der Waals surface area contributed by atoms with E-state index in [1.54, 1.807) is 17.2 Å². The van der Waals surface area contributed by atoms with Crippen LogP contribution in [0.3, 0.4) is 0 Å². The summed E-state index contributed by atoms with van der Waals surface area (Å²) in [5.74, 6) is 1.17. The van der Waals surface area contributed by atoms with E-state index in [1.165, 1.54) is 6.42 Å². The molecule has 4 rings (SSSR count). The van der Waals surface area contributed by atoms with Gasteiger partial charge in [-0.25, -0.2) is 4.98 Å². The summed E-state index contributed by atoms with van der Waals surface area (Å²) in [7, 11) is 0. The number of nitrogens with zero attached hydrogens (tertiary/aromatic N) is 3. The molecule has 2 aliphatic heterocycles. The molecule has 0 N–H and O–H groups in total. The highest BCUT2D eigenvalue weighted by Gasteiger charge is 2.36. The lowest BCUT2D eigenvalue weighted by molar-refractivity contribution is -0.132. The van der Waals surface area contributed by atoms with E-state index in [1.807, 2.05) is 41.3 Å². The number of piperidine rings is 1. The van der Waals surface area contributed by atoms with Crippen LogP contribution in [0.5, 0.6) is 5.75 Å². The minimum Gasteiger partial charge on any atom is -0.472 e. The van der Waals surface area contributed by atoms with E-state index in [-0.39, 0.29) is 11.8 Å². The molecule has 0 unspecified atom stereocenters. The zero-order chi connectivity index (χ0) is 19.3. The number of likely N-dealkylation sites (tertiary alicyclic amines) is 1. The van der Waals surface area contributed by atoms with Crippen LogP contribution in [0.1, 0.15) is 43.8 Å². The number of amides is 2. The van der Waals surface area contributed by atoms with Crippen LogP contribution in [0.25, 0.3) is 0 Å². The lowest BCUT2D eigenvalue weighted by Gasteiger charge is -2.33. The average molecular weight is 379 g/mol. The van der Waals surface area contributed by atoms with Crippen LogP contribution in [-0.2, 0) is 9.59 Å². The Bertz CT molecular complexity index is 834. The summed E-state index contributed by atoms with van der Waals surface area (Å²) in [4.78, 5) is 33.5. The summed E-state index contributed by atoms with van der Waals surface area (Å²) >= 11 is 0. The fourth-order valence-corrected chi connectivity index (χ4v) is 3.84. The van der Waals surface area contributed by atoms with Crippen LogP contribution in [-0.4, -0.2) is 41.3 Å². The second kappa shape index (κ2) is 8.42. The summed E-state index contributed by atoms with van der Waals surface area (Å²) in [6.45, 7) is 2.17. The van der Waals surface area contributed by atoms with Gasteiger partial charge in [-0.3, -0.25) is 14.5 Å². The van der Waals surface area contributed by atoms with E-state index in [0.717, 1.165) is 31.5 Å². The maximum atomic E-state index is 13.1. The van der Waals surface area contributed by atoms with Crippen molar-refractivity contribution in [3.05, 3.63) is 54.2 Å². The van der Waals surface area contributed by atoms with Crippen molar-refractivity contribution < 1.29 is 14.3 Å². The molecule has 1 aromatic carbocycles. The van der Waals surface area contributed by atoms with Gasteiger partial charge in [0.2, 0.25) is 12.0 Å². The molecular weight excluding hydrogens is 354 g/mol. The zero-order valence-electron chi connectivity index (χ0n) is 15.9. The number of fused-ring (bicyclic) bond motifs is 1. The predicted octanol–water partition coefficient (Wildman–Crippen LogP) is 3.34. The van der Waals surface area contributed by atoms with Crippen LogP contribution in [0.2, 0.25) is 0 Å². The van der Waals surface area contributed by atoms with Crippen molar-refractivity contribution >= 4 is 17.6 Å². The van der Waals surface area contributed by atoms with E-state index in [2.05, 4.69) is 4.98 Å². The number of hydrogen-bond donors (Lipinski definition) is 0. The van der Waals surface area contributed by atoms with Gasteiger partial charge in [0.05, 0.1) is 0 Å². The Kier molecular flexibility index (Phi) is 5.55. The lowest BCUT2D eigenvalue weighted by atomic mass is 10.1. The molecule has 3 heterocycles. The highest BCUT2D eigenvalue weighted by molar-refractivity contribution is 5.99. The highest BCUT2D eigenvalue weighted by atomic mass is 16.5. The number of benzene rings is 1. The Labute approximate surface area is 165 Å². The van der Waals surface area contributed by atoms with E-state index in [9.17, 15) is 9.59 Å². The fraction of sp³-hybridized carbons (Fsp3) is 0.409. The molecule has 0 saturated carbocycles. The Morgan fingerprint density at radius 2 is 1.86 bits per heavy atom. The highest BCUT2D eigenvalue weighted by Crippen LogP contribution is 2.37. The lowest BCUT2D eigenvalue weighted by Crippen LogP contribution is -2.42. The first-order valence-electron chi connectivity index (χ1n) is 10.00. The summed E-state index contributed by atoms with van der Waals surface area (Å²) in [5, 5.41) is 0. The molecule has 2 aromatic rings. The maximum absolute atomic E-state index is 13.1. The van der Waals surface area contributed by atoms with Gasteiger partial charge in [0.25, 0.3) is 5.91 Å². The molecule has 28 heavy (non-hydrogen) atoms.